The molecule has 0 amide bonds. The van der Waals surface area contributed by atoms with Gasteiger partial charge in [-0.25, -0.2) is 0 Å². The van der Waals surface area contributed by atoms with Crippen molar-refractivity contribution in [3.8, 4) is 0 Å². The first-order valence-electron chi connectivity index (χ1n) is 0. The molecule has 0 saturated heterocycles. The summed E-state index contributed by atoms with van der Waals surface area (Å²) < 4.78 is 0. The molecule has 0 aromatic rings. The molecule has 1 nitrogen and oxygen atoms in total. The Kier molecular flexibility index (Phi) is 15100. The van der Waals surface area contributed by atoms with Crippen LogP contribution in [-0.4, -0.2) is 5.48 Å². The smallest absolute Gasteiger partial charge is 0.239 e. The van der Waals surface area contributed by atoms with Gasteiger partial charge in [-0.15, -0.1) is 0 Å². The van der Waals surface area contributed by atoms with Crippen LogP contribution >= 0.6 is 0 Å². The Labute approximate surface area is 38.2 Å². The normalized spacial score (nSPS) is 0. The van der Waals surface area contributed by atoms with Gasteiger partial charge in [0.05, 0.1) is 0 Å². The zero-order valence-corrected chi connectivity index (χ0v) is 3.61. The topological polar surface area (TPSA) is 30.0 Å². The molecule has 0 fully saturated rings. The maximum absolute atomic E-state index is 0. The zero-order valence-electron chi connectivity index (χ0n) is 2.51. The van der Waals surface area contributed by atoms with Crippen molar-refractivity contribution < 1.29 is 22.5 Å². The molecular weight excluding hydrogens is 95.9 g/mol. The molecule has 0 aliphatic heterocycles. The Bertz CT molecular complexity index is 6.00. The maximum Gasteiger partial charge on any atom is 0.239 e. The van der Waals surface area contributed by atoms with Gasteiger partial charge in [-0.1, -0.05) is 0 Å². The van der Waals surface area contributed by atoms with Gasteiger partial charge in [0.2, 0.25) is 7.43 Å². The second-order valence-corrected chi connectivity index (χ2v) is 0. The molecule has 1 N–H and O–H groups in total. The minimum absolute atomic E-state index is 0. The van der Waals surface area contributed by atoms with E-state index in [2.05, 4.69) is 0 Å². The van der Waals surface area contributed by atoms with E-state index in [-0.39, 0.29) is 37.4 Å². The van der Waals surface area contributed by atoms with Crippen molar-refractivity contribution in [3.63, 3.8) is 0 Å². The number of rotatable bonds is 0. The molecule has 0 unspecified atom stereocenters. The van der Waals surface area contributed by atoms with Crippen molar-refractivity contribution in [1.82, 2.24) is 0 Å². The second-order valence-electron chi connectivity index (χ2n) is 0. The van der Waals surface area contributed by atoms with Gasteiger partial charge in [0.25, 0.3) is 0 Å². The zero-order chi connectivity index (χ0) is 0. The monoisotopic (exact) mass is 102 g/mol. The van der Waals surface area contributed by atoms with Crippen LogP contribution in [0.5, 0.6) is 0 Å². The molecule has 1 radical (unpaired) electrons. The van der Waals surface area contributed by atoms with Gasteiger partial charge in [-0.2, -0.15) is 0 Å². The summed E-state index contributed by atoms with van der Waals surface area (Å²) in [4.78, 5) is 0. The Morgan fingerprint density at radius 3 is 1.00 bits per heavy atom. The van der Waals surface area contributed by atoms with E-state index in [4.69, 9.17) is 0 Å². The van der Waals surface area contributed by atoms with Gasteiger partial charge in [-0.3, -0.25) is 0 Å². The molecule has 0 heterocycles. The molecule has 0 bridgehead atoms. The summed E-state index contributed by atoms with van der Waals surface area (Å²) in [7, 11) is 0. The maximum atomic E-state index is 0. The molecule has 0 aliphatic carbocycles. The van der Waals surface area contributed by atoms with Crippen molar-refractivity contribution in [3.05, 3.63) is 14.9 Å². The summed E-state index contributed by atoms with van der Waals surface area (Å²) in [6, 6.07) is 0. The molecule has 0 rings (SSSR count). The van der Waals surface area contributed by atoms with E-state index < -0.39 is 0 Å². The average Bonchev–Trinajstić information content (AvgIpc) is 0. The third-order valence-corrected chi connectivity index (χ3v) is 0. The number of hydrogen-bond donors (Lipinski definition) is 0. The SMILES string of the molecule is [CH2+].[CH3-].[Fe].[OH-]. The van der Waals surface area contributed by atoms with Crippen molar-refractivity contribution in [2.75, 3.05) is 0 Å². The van der Waals surface area contributed by atoms with Crippen LogP contribution in [0.4, 0.5) is 0 Å². The Morgan fingerprint density at radius 2 is 1.00 bits per heavy atom. The summed E-state index contributed by atoms with van der Waals surface area (Å²) in [5.74, 6) is 0. The molecule has 0 saturated carbocycles. The minimum Gasteiger partial charge on any atom is -0.870 e. The summed E-state index contributed by atoms with van der Waals surface area (Å²) in [5, 5.41) is 0. The standard InChI is InChI=1S/CH3.CH2.Fe.H2O/h1H3;1H2;;1H2/q-1;+1;;/p-1. The first-order chi connectivity index (χ1) is 0. The molecular formula is C2H6FeO-. The summed E-state index contributed by atoms with van der Waals surface area (Å²) >= 11 is 0. The van der Waals surface area contributed by atoms with E-state index in [0.29, 0.717) is 0 Å². The van der Waals surface area contributed by atoms with Gasteiger partial charge >= 0.3 is 0 Å². The van der Waals surface area contributed by atoms with Crippen LogP contribution in [0.25, 0.3) is 0 Å². The summed E-state index contributed by atoms with van der Waals surface area (Å²) in [6.45, 7) is 0. The predicted molar refractivity (Wildman–Crippen MR) is 13.7 cm³/mol. The van der Waals surface area contributed by atoms with E-state index in [0.717, 1.165) is 0 Å². The van der Waals surface area contributed by atoms with Crippen LogP contribution in [0.3, 0.4) is 0 Å². The second kappa shape index (κ2) is 151. The Morgan fingerprint density at radius 1 is 1.00 bits per heavy atom. The molecule has 4 heavy (non-hydrogen) atoms. The van der Waals surface area contributed by atoms with Crippen LogP contribution in [-0.2, 0) is 17.1 Å². The van der Waals surface area contributed by atoms with E-state index in [1.807, 2.05) is 0 Å². The molecule has 0 aromatic carbocycles. The fraction of sp³-hybridized carbons (Fsp3) is 0. The molecule has 0 aliphatic rings. The summed E-state index contributed by atoms with van der Waals surface area (Å²) in [5.41, 5.74) is 0. The third kappa shape index (κ3) is 35.0. The molecule has 0 spiro atoms. The summed E-state index contributed by atoms with van der Waals surface area (Å²) in [6.07, 6.45) is 0. The fourth-order valence-corrected chi connectivity index (χ4v) is 0. The first-order valence-corrected chi connectivity index (χ1v) is 0. The van der Waals surface area contributed by atoms with Crippen LogP contribution in [0.1, 0.15) is 0 Å². The first kappa shape index (κ1) is 400. The molecule has 0 atom stereocenters. The van der Waals surface area contributed by atoms with E-state index in [9.17, 15) is 0 Å². The van der Waals surface area contributed by atoms with Gasteiger partial charge in [0.15, 0.2) is 0 Å². The van der Waals surface area contributed by atoms with Crippen LogP contribution in [0, 0.1) is 14.9 Å². The number of hydrogen-bond acceptors (Lipinski definition) is 1. The predicted octanol–water partition coefficient (Wildman–Crippen LogP) is 0.598. The molecule has 2 heteroatoms. The van der Waals surface area contributed by atoms with Gasteiger partial charge in [-0.05, 0) is 0 Å². The van der Waals surface area contributed by atoms with Gasteiger partial charge in [0, 0.05) is 17.1 Å². The van der Waals surface area contributed by atoms with Crippen LogP contribution in [0.2, 0.25) is 0 Å². The minimum atomic E-state index is 0. The average molecular weight is 102 g/mol. The van der Waals surface area contributed by atoms with Crippen molar-refractivity contribution in [2.45, 2.75) is 0 Å². The molecule has 0 aromatic heterocycles. The Balaban J connectivity index is 0. The van der Waals surface area contributed by atoms with Gasteiger partial charge < -0.3 is 12.9 Å². The largest absolute Gasteiger partial charge is 0.870 e. The Hall–Kier alpha value is 0.349. The van der Waals surface area contributed by atoms with Gasteiger partial charge in [0.1, 0.15) is 0 Å². The molecule has 29 valence electrons. The van der Waals surface area contributed by atoms with Crippen molar-refractivity contribution in [2.24, 2.45) is 0 Å². The van der Waals surface area contributed by atoms with E-state index in [1.165, 1.54) is 0 Å². The van der Waals surface area contributed by atoms with Crippen molar-refractivity contribution >= 4 is 0 Å². The van der Waals surface area contributed by atoms with Crippen LogP contribution in [0.15, 0.2) is 0 Å². The fourth-order valence-electron chi connectivity index (χ4n) is 0. The van der Waals surface area contributed by atoms with E-state index in [1.54, 1.807) is 0 Å². The van der Waals surface area contributed by atoms with Crippen LogP contribution < -0.4 is 0 Å². The third-order valence-electron chi connectivity index (χ3n) is 0. The quantitative estimate of drug-likeness (QED) is 0.325. The van der Waals surface area contributed by atoms with E-state index >= 15 is 0 Å². The van der Waals surface area contributed by atoms with Crippen molar-refractivity contribution in [1.29, 1.82) is 0 Å².